The molecule has 0 radical (unpaired) electrons. The van der Waals surface area contributed by atoms with E-state index in [0.717, 1.165) is 38.4 Å². The molecule has 1 aliphatic rings. The number of piperazine rings is 1. The van der Waals surface area contributed by atoms with Crippen molar-refractivity contribution in [3.05, 3.63) is 12.3 Å². The molecule has 0 aliphatic carbocycles. The lowest BCUT2D eigenvalue weighted by Crippen LogP contribution is -2.51. The summed E-state index contributed by atoms with van der Waals surface area (Å²) in [5, 5.41) is 3.41. The minimum absolute atomic E-state index is 0.472. The van der Waals surface area contributed by atoms with Crippen molar-refractivity contribution in [2.75, 3.05) is 31.1 Å². The van der Waals surface area contributed by atoms with Crippen molar-refractivity contribution in [3.63, 3.8) is 0 Å². The van der Waals surface area contributed by atoms with E-state index in [9.17, 15) is 0 Å². The molecule has 18 heavy (non-hydrogen) atoms. The van der Waals surface area contributed by atoms with E-state index >= 15 is 0 Å². The van der Waals surface area contributed by atoms with Gasteiger partial charge in [-0.3, -0.25) is 0 Å². The van der Waals surface area contributed by atoms with Crippen LogP contribution in [-0.4, -0.2) is 42.3 Å². The maximum absolute atomic E-state index is 5.56. The second-order valence-corrected chi connectivity index (χ2v) is 4.50. The van der Waals surface area contributed by atoms with Gasteiger partial charge in [-0.1, -0.05) is 13.8 Å². The van der Waals surface area contributed by atoms with Gasteiger partial charge in [0.05, 0.1) is 6.61 Å². The summed E-state index contributed by atoms with van der Waals surface area (Å²) in [6.07, 6.45) is 3.86. The molecule has 5 nitrogen and oxygen atoms in total. The Morgan fingerprint density at radius 2 is 2.39 bits per heavy atom. The first-order valence-corrected chi connectivity index (χ1v) is 6.78. The zero-order valence-corrected chi connectivity index (χ0v) is 11.2. The van der Waals surface area contributed by atoms with E-state index in [-0.39, 0.29) is 0 Å². The molecule has 0 spiro atoms. The number of hydrogen-bond donors (Lipinski definition) is 1. The molecule has 0 bridgehead atoms. The highest BCUT2D eigenvalue weighted by Crippen LogP contribution is 2.17. The largest absolute Gasteiger partial charge is 0.478 e. The molecule has 1 N–H and O–H groups in total. The van der Waals surface area contributed by atoms with Gasteiger partial charge >= 0.3 is 0 Å². The maximum Gasteiger partial charge on any atom is 0.228 e. The molecule has 1 atom stereocenters. The molecule has 100 valence electrons. The van der Waals surface area contributed by atoms with Gasteiger partial charge in [0.25, 0.3) is 0 Å². The van der Waals surface area contributed by atoms with E-state index in [0.29, 0.717) is 18.5 Å². The van der Waals surface area contributed by atoms with Crippen LogP contribution in [-0.2, 0) is 0 Å². The smallest absolute Gasteiger partial charge is 0.228 e. The first-order valence-electron chi connectivity index (χ1n) is 6.78. The summed E-state index contributed by atoms with van der Waals surface area (Å²) in [6.45, 7) is 7.93. The fourth-order valence-electron chi connectivity index (χ4n) is 2.15. The highest BCUT2D eigenvalue weighted by molar-refractivity contribution is 5.34. The van der Waals surface area contributed by atoms with Crippen molar-refractivity contribution in [1.82, 2.24) is 15.3 Å². The number of rotatable bonds is 5. The zero-order valence-electron chi connectivity index (χ0n) is 11.2. The summed E-state index contributed by atoms with van der Waals surface area (Å²) in [5.41, 5.74) is 0. The average molecular weight is 250 g/mol. The third-order valence-electron chi connectivity index (χ3n) is 3.15. The van der Waals surface area contributed by atoms with Crippen LogP contribution in [0.5, 0.6) is 5.88 Å². The topological polar surface area (TPSA) is 50.3 Å². The van der Waals surface area contributed by atoms with Crippen molar-refractivity contribution in [1.29, 1.82) is 0 Å². The summed E-state index contributed by atoms with van der Waals surface area (Å²) in [5.74, 6) is 1.46. The van der Waals surface area contributed by atoms with Crippen LogP contribution in [0.1, 0.15) is 26.7 Å². The standard InChI is InChI=1S/C13H22N4O/c1-3-9-18-12-5-6-15-13(16-12)17-8-7-14-10-11(17)4-2/h5-6,11,14H,3-4,7-10H2,1-2H3. The fraction of sp³-hybridized carbons (Fsp3) is 0.692. The Kier molecular flexibility index (Phi) is 4.75. The van der Waals surface area contributed by atoms with Crippen molar-refractivity contribution in [3.8, 4) is 5.88 Å². The lowest BCUT2D eigenvalue weighted by molar-refractivity contribution is 0.304. The summed E-state index contributed by atoms with van der Waals surface area (Å²) < 4.78 is 5.56. The van der Waals surface area contributed by atoms with Gasteiger partial charge in [-0.15, -0.1) is 0 Å². The van der Waals surface area contributed by atoms with Crippen LogP contribution in [0.15, 0.2) is 12.3 Å². The first-order chi connectivity index (χ1) is 8.85. The van der Waals surface area contributed by atoms with Crippen LogP contribution < -0.4 is 15.0 Å². The van der Waals surface area contributed by atoms with Gasteiger partial charge in [0.2, 0.25) is 11.8 Å². The van der Waals surface area contributed by atoms with E-state index in [4.69, 9.17) is 4.74 Å². The Morgan fingerprint density at radius 1 is 1.50 bits per heavy atom. The summed E-state index contributed by atoms with van der Waals surface area (Å²) in [6, 6.07) is 2.29. The molecule has 0 aromatic carbocycles. The van der Waals surface area contributed by atoms with E-state index in [1.165, 1.54) is 0 Å². The minimum atomic E-state index is 0.472. The highest BCUT2D eigenvalue weighted by Gasteiger charge is 2.22. The first kappa shape index (κ1) is 13.1. The van der Waals surface area contributed by atoms with Crippen LogP contribution >= 0.6 is 0 Å². The van der Waals surface area contributed by atoms with E-state index < -0.39 is 0 Å². The molecule has 1 fully saturated rings. The maximum atomic E-state index is 5.56. The quantitative estimate of drug-likeness (QED) is 0.857. The number of ether oxygens (including phenoxy) is 1. The van der Waals surface area contributed by atoms with Crippen LogP contribution in [0.3, 0.4) is 0 Å². The lowest BCUT2D eigenvalue weighted by Gasteiger charge is -2.35. The van der Waals surface area contributed by atoms with Gasteiger partial charge in [-0.2, -0.15) is 4.98 Å². The number of nitrogens with one attached hydrogen (secondary N) is 1. The number of aromatic nitrogens is 2. The second kappa shape index (κ2) is 6.54. The molecular formula is C13H22N4O. The Hall–Kier alpha value is -1.36. The molecule has 5 heteroatoms. The van der Waals surface area contributed by atoms with E-state index in [2.05, 4.69) is 34.0 Å². The van der Waals surface area contributed by atoms with Crippen molar-refractivity contribution in [2.24, 2.45) is 0 Å². The molecule has 1 aromatic rings. The minimum Gasteiger partial charge on any atom is -0.478 e. The second-order valence-electron chi connectivity index (χ2n) is 4.50. The van der Waals surface area contributed by atoms with Gasteiger partial charge in [0.15, 0.2) is 0 Å². The number of hydrogen-bond acceptors (Lipinski definition) is 5. The van der Waals surface area contributed by atoms with Gasteiger partial charge in [0.1, 0.15) is 0 Å². The monoisotopic (exact) mass is 250 g/mol. The van der Waals surface area contributed by atoms with Crippen molar-refractivity contribution in [2.45, 2.75) is 32.7 Å². The molecule has 0 amide bonds. The molecule has 2 rings (SSSR count). The molecule has 2 heterocycles. The van der Waals surface area contributed by atoms with Crippen LogP contribution in [0, 0.1) is 0 Å². The van der Waals surface area contributed by atoms with Gasteiger partial charge in [-0.25, -0.2) is 4.98 Å². The molecule has 0 saturated carbocycles. The Labute approximate surface area is 109 Å². The Bertz CT molecular complexity index is 372. The summed E-state index contributed by atoms with van der Waals surface area (Å²) in [4.78, 5) is 11.1. The van der Waals surface area contributed by atoms with Crippen LogP contribution in [0.25, 0.3) is 0 Å². The van der Waals surface area contributed by atoms with Crippen molar-refractivity contribution >= 4 is 5.95 Å². The molecule has 1 aromatic heterocycles. The van der Waals surface area contributed by atoms with Gasteiger partial charge < -0.3 is 15.0 Å². The SMILES string of the molecule is CCCOc1ccnc(N2CCNCC2CC)n1. The average Bonchev–Trinajstić information content (AvgIpc) is 2.45. The zero-order chi connectivity index (χ0) is 12.8. The number of anilines is 1. The predicted molar refractivity (Wildman–Crippen MR) is 72.1 cm³/mol. The third-order valence-corrected chi connectivity index (χ3v) is 3.15. The van der Waals surface area contributed by atoms with Crippen LogP contribution in [0.4, 0.5) is 5.95 Å². The molecule has 1 aliphatic heterocycles. The van der Waals surface area contributed by atoms with E-state index in [1.807, 2.05) is 6.07 Å². The third kappa shape index (κ3) is 3.10. The Morgan fingerprint density at radius 3 is 3.17 bits per heavy atom. The highest BCUT2D eigenvalue weighted by atomic mass is 16.5. The summed E-state index contributed by atoms with van der Waals surface area (Å²) in [7, 11) is 0. The van der Waals surface area contributed by atoms with Crippen molar-refractivity contribution < 1.29 is 4.74 Å². The fourth-order valence-corrected chi connectivity index (χ4v) is 2.15. The lowest BCUT2D eigenvalue weighted by atomic mass is 10.1. The van der Waals surface area contributed by atoms with Crippen LogP contribution in [0.2, 0.25) is 0 Å². The Balaban J connectivity index is 2.10. The molecule has 1 saturated heterocycles. The number of nitrogens with zero attached hydrogens (tertiary/aromatic N) is 3. The van der Waals surface area contributed by atoms with Gasteiger partial charge in [0, 0.05) is 37.9 Å². The normalized spacial score (nSPS) is 19.9. The molecule has 1 unspecified atom stereocenters. The van der Waals surface area contributed by atoms with E-state index in [1.54, 1.807) is 6.20 Å². The summed E-state index contributed by atoms with van der Waals surface area (Å²) >= 11 is 0. The predicted octanol–water partition coefficient (Wildman–Crippen LogP) is 1.45. The van der Waals surface area contributed by atoms with Gasteiger partial charge in [-0.05, 0) is 12.8 Å². The molecular weight excluding hydrogens is 228 g/mol.